The van der Waals surface area contributed by atoms with Crippen LogP contribution in [-0.4, -0.2) is 33.5 Å². The summed E-state index contributed by atoms with van der Waals surface area (Å²) in [5.41, 5.74) is 0.0613. The van der Waals surface area contributed by atoms with E-state index in [1.54, 1.807) is 0 Å². The van der Waals surface area contributed by atoms with Crippen LogP contribution in [0.4, 0.5) is 0 Å². The molecule has 0 spiro atoms. The number of fused-ring (bicyclic) bond motifs is 3. The number of carboxylic acid groups (broad SMARTS) is 1. The highest BCUT2D eigenvalue weighted by atomic mass is 16.4. The fourth-order valence-corrected chi connectivity index (χ4v) is 8.52. The molecule has 3 aliphatic rings. The summed E-state index contributed by atoms with van der Waals surface area (Å²) in [6.07, 6.45) is 8.89. The van der Waals surface area contributed by atoms with Gasteiger partial charge in [0.25, 0.3) is 0 Å². The zero-order chi connectivity index (χ0) is 22.3. The van der Waals surface area contributed by atoms with Crippen LogP contribution < -0.4 is 0 Å². The number of hydrogen-bond donors (Lipinski definition) is 3. The van der Waals surface area contributed by atoms with Crippen LogP contribution >= 0.6 is 0 Å². The lowest BCUT2D eigenvalue weighted by Gasteiger charge is -2.60. The summed E-state index contributed by atoms with van der Waals surface area (Å²) < 4.78 is 0. The van der Waals surface area contributed by atoms with E-state index < -0.39 is 5.97 Å². The maximum atomic E-state index is 11.6. The van der Waals surface area contributed by atoms with Crippen molar-refractivity contribution >= 4 is 5.97 Å². The van der Waals surface area contributed by atoms with Crippen LogP contribution in [0.15, 0.2) is 0 Å². The highest BCUT2D eigenvalue weighted by molar-refractivity contribution is 5.66. The summed E-state index contributed by atoms with van der Waals surface area (Å²) >= 11 is 0. The van der Waals surface area contributed by atoms with Crippen molar-refractivity contribution in [2.75, 3.05) is 0 Å². The lowest BCUT2D eigenvalue weighted by atomic mass is 9.46. The van der Waals surface area contributed by atoms with Crippen LogP contribution in [0.2, 0.25) is 0 Å². The number of hydrogen-bond acceptors (Lipinski definition) is 3. The van der Waals surface area contributed by atoms with E-state index in [1.807, 2.05) is 0 Å². The second-order valence-corrected chi connectivity index (χ2v) is 11.7. The smallest absolute Gasteiger partial charge is 0.303 e. The van der Waals surface area contributed by atoms with Crippen LogP contribution in [0.5, 0.6) is 0 Å². The molecule has 0 aliphatic heterocycles. The highest BCUT2D eigenvalue weighted by Crippen LogP contribution is 2.63. The fourth-order valence-electron chi connectivity index (χ4n) is 8.52. The second-order valence-electron chi connectivity index (χ2n) is 11.7. The normalized spacial score (nSPS) is 46.2. The molecule has 4 heteroatoms. The van der Waals surface area contributed by atoms with E-state index in [4.69, 9.17) is 0 Å². The average Bonchev–Trinajstić information content (AvgIpc) is 2.82. The van der Waals surface area contributed by atoms with Gasteiger partial charge in [-0.25, -0.2) is 0 Å². The monoisotopic (exact) mass is 422 g/mol. The van der Waals surface area contributed by atoms with Gasteiger partial charge < -0.3 is 15.3 Å². The Labute approximate surface area is 183 Å². The quantitative estimate of drug-likeness (QED) is 0.528. The Balaban J connectivity index is 1.88. The van der Waals surface area contributed by atoms with E-state index in [-0.39, 0.29) is 29.5 Å². The van der Waals surface area contributed by atoms with Crippen molar-refractivity contribution in [3.05, 3.63) is 0 Å². The number of carboxylic acids is 1. The van der Waals surface area contributed by atoms with Crippen molar-refractivity contribution in [3.63, 3.8) is 0 Å². The Kier molecular flexibility index (Phi) is 7.29. The molecule has 0 aromatic rings. The van der Waals surface area contributed by atoms with Gasteiger partial charge in [-0.05, 0) is 91.3 Å². The highest BCUT2D eigenvalue weighted by Gasteiger charge is 2.59. The first-order valence-corrected chi connectivity index (χ1v) is 12.6. The Morgan fingerprint density at radius 1 is 1.13 bits per heavy atom. The lowest BCUT2D eigenvalue weighted by molar-refractivity contribution is -0.166. The average molecular weight is 423 g/mol. The molecule has 3 rings (SSSR count). The molecule has 0 aromatic heterocycles. The number of aliphatic hydroxyl groups excluding tert-OH is 2. The summed E-state index contributed by atoms with van der Waals surface area (Å²) in [5, 5.41) is 31.1. The first kappa shape index (κ1) is 24.0. The summed E-state index contributed by atoms with van der Waals surface area (Å²) in [4.78, 5) is 11.2. The molecule has 0 heterocycles. The van der Waals surface area contributed by atoms with Gasteiger partial charge >= 0.3 is 5.97 Å². The molecule has 0 amide bonds. The standard InChI is InChI=1S/C26H46O4/c1-6-21(16(2)10-11-24(29)30)26(5)17(3)20-9-7-8-18-14-19(27)12-13-25(18,4)22(20)15-23(26)28/h16-23,27-28H,6-15H2,1-5H3,(H,29,30)/t16-,17+,18-,19-,20+,21-,22+,23+,25+,26+/m1/s1. The van der Waals surface area contributed by atoms with Gasteiger partial charge in [0, 0.05) is 6.42 Å². The molecule has 30 heavy (non-hydrogen) atoms. The zero-order valence-electron chi connectivity index (χ0n) is 19.9. The van der Waals surface area contributed by atoms with E-state index in [9.17, 15) is 20.1 Å². The maximum Gasteiger partial charge on any atom is 0.303 e. The minimum Gasteiger partial charge on any atom is -0.481 e. The van der Waals surface area contributed by atoms with Gasteiger partial charge in [0.2, 0.25) is 0 Å². The van der Waals surface area contributed by atoms with Gasteiger partial charge in [-0.15, -0.1) is 0 Å². The van der Waals surface area contributed by atoms with Gasteiger partial charge in [-0.3, -0.25) is 4.79 Å². The van der Waals surface area contributed by atoms with E-state index in [1.165, 1.54) is 19.3 Å². The minimum absolute atomic E-state index is 0.143. The first-order chi connectivity index (χ1) is 14.1. The van der Waals surface area contributed by atoms with Crippen molar-refractivity contribution in [2.45, 2.75) is 111 Å². The summed E-state index contributed by atoms with van der Waals surface area (Å²) in [6, 6.07) is 0. The van der Waals surface area contributed by atoms with Crippen molar-refractivity contribution in [3.8, 4) is 0 Å². The molecule has 0 radical (unpaired) electrons. The molecule has 3 fully saturated rings. The Morgan fingerprint density at radius 2 is 1.83 bits per heavy atom. The molecule has 3 N–H and O–H groups in total. The minimum atomic E-state index is -0.721. The molecule has 3 saturated carbocycles. The van der Waals surface area contributed by atoms with E-state index in [0.717, 1.165) is 32.1 Å². The fraction of sp³-hybridized carbons (Fsp3) is 0.962. The van der Waals surface area contributed by atoms with Gasteiger partial charge in [0.05, 0.1) is 12.2 Å². The van der Waals surface area contributed by atoms with E-state index in [0.29, 0.717) is 41.9 Å². The molecule has 0 bridgehead atoms. The van der Waals surface area contributed by atoms with Crippen molar-refractivity contribution in [2.24, 2.45) is 46.3 Å². The lowest BCUT2D eigenvalue weighted by Crippen LogP contribution is -2.58. The Hall–Kier alpha value is -0.610. The number of rotatable bonds is 6. The molecule has 174 valence electrons. The van der Waals surface area contributed by atoms with Crippen LogP contribution in [0.1, 0.15) is 98.8 Å². The predicted octanol–water partition coefficient (Wildman–Crippen LogP) is 5.50. The molecule has 10 atom stereocenters. The van der Waals surface area contributed by atoms with Gasteiger partial charge in [0.15, 0.2) is 0 Å². The summed E-state index contributed by atoms with van der Waals surface area (Å²) in [7, 11) is 0. The first-order valence-electron chi connectivity index (χ1n) is 12.6. The molecule has 3 aliphatic carbocycles. The summed E-state index contributed by atoms with van der Waals surface area (Å²) in [6.45, 7) is 11.6. The second kappa shape index (κ2) is 9.10. The molecule has 0 aromatic carbocycles. The number of carbonyl (C=O) groups is 1. The SMILES string of the molecule is CC[C@H]([C@H](C)CCC(=O)O)[C@@]1(C)[C@@H](O)C[C@H]2[C@@H](CCC[C@@H]3C[C@H](O)CC[C@@]32C)[C@@H]1C. The largest absolute Gasteiger partial charge is 0.481 e. The third-order valence-corrected chi connectivity index (χ3v) is 10.5. The van der Waals surface area contributed by atoms with Crippen LogP contribution in [0, 0.1) is 46.3 Å². The third-order valence-electron chi connectivity index (χ3n) is 10.5. The third kappa shape index (κ3) is 4.08. The molecular weight excluding hydrogens is 376 g/mol. The van der Waals surface area contributed by atoms with E-state index >= 15 is 0 Å². The number of aliphatic carboxylic acids is 1. The topological polar surface area (TPSA) is 77.8 Å². The van der Waals surface area contributed by atoms with Crippen LogP contribution in [0.3, 0.4) is 0 Å². The van der Waals surface area contributed by atoms with Crippen LogP contribution in [-0.2, 0) is 4.79 Å². The molecular formula is C26H46O4. The Bertz CT molecular complexity index is 606. The van der Waals surface area contributed by atoms with Crippen molar-refractivity contribution < 1.29 is 20.1 Å². The number of aliphatic hydroxyl groups is 2. The van der Waals surface area contributed by atoms with Crippen molar-refractivity contribution in [1.82, 2.24) is 0 Å². The van der Waals surface area contributed by atoms with Crippen molar-refractivity contribution in [1.29, 1.82) is 0 Å². The van der Waals surface area contributed by atoms with Gasteiger partial charge in [0.1, 0.15) is 0 Å². The zero-order valence-corrected chi connectivity index (χ0v) is 19.9. The Morgan fingerprint density at radius 3 is 2.47 bits per heavy atom. The molecule has 4 nitrogen and oxygen atoms in total. The van der Waals surface area contributed by atoms with Crippen LogP contribution in [0.25, 0.3) is 0 Å². The van der Waals surface area contributed by atoms with E-state index in [2.05, 4.69) is 34.6 Å². The molecule has 0 saturated heterocycles. The maximum absolute atomic E-state index is 11.6. The predicted molar refractivity (Wildman–Crippen MR) is 120 cm³/mol. The van der Waals surface area contributed by atoms with Gasteiger partial charge in [-0.2, -0.15) is 0 Å². The van der Waals surface area contributed by atoms with Gasteiger partial charge in [-0.1, -0.05) is 47.5 Å². The molecule has 0 unspecified atom stereocenters. The summed E-state index contributed by atoms with van der Waals surface area (Å²) in [5.74, 6) is 2.06.